The third kappa shape index (κ3) is 6.44. The summed E-state index contributed by atoms with van der Waals surface area (Å²) in [7, 11) is 1.29. The average Bonchev–Trinajstić information content (AvgIpc) is 3.73. The molecule has 2 atom stereocenters. The molecule has 2 heterocycles. The van der Waals surface area contributed by atoms with Crippen LogP contribution in [0.1, 0.15) is 77.9 Å². The van der Waals surface area contributed by atoms with Crippen LogP contribution < -0.4 is 15.8 Å². The fourth-order valence-electron chi connectivity index (χ4n) is 6.10. The maximum Gasteiger partial charge on any atom is 0.305 e. The molecule has 2 aliphatic heterocycles. The molecule has 3 N–H and O–H groups in total. The molecule has 2 fully saturated rings. The molecule has 0 aromatic heterocycles. The van der Waals surface area contributed by atoms with Crippen LogP contribution in [0.3, 0.4) is 0 Å². The van der Waals surface area contributed by atoms with E-state index in [1.807, 2.05) is 6.07 Å². The highest BCUT2D eigenvalue weighted by molar-refractivity contribution is 6.01. The molecular weight excluding hydrogens is 494 g/mol. The van der Waals surface area contributed by atoms with E-state index in [1.165, 1.54) is 49.7 Å². The molecule has 208 valence electrons. The quantitative estimate of drug-likeness (QED) is 0.400. The number of amides is 2. The monoisotopic (exact) mass is 533 g/mol. The summed E-state index contributed by atoms with van der Waals surface area (Å²) in [5.41, 5.74) is 9.34. The first-order valence-corrected chi connectivity index (χ1v) is 14.2. The molecule has 2 aromatic carbocycles. The number of primary amides is 1. The van der Waals surface area contributed by atoms with Gasteiger partial charge in [0.1, 0.15) is 18.4 Å². The van der Waals surface area contributed by atoms with Crippen LogP contribution in [0.5, 0.6) is 5.75 Å². The van der Waals surface area contributed by atoms with Crippen molar-refractivity contribution in [1.29, 1.82) is 0 Å². The molecule has 0 radical (unpaired) electrons. The van der Waals surface area contributed by atoms with Gasteiger partial charge in [-0.25, -0.2) is 0 Å². The maximum atomic E-state index is 13.1. The van der Waals surface area contributed by atoms with Crippen molar-refractivity contribution in [2.75, 3.05) is 20.2 Å². The fourth-order valence-corrected chi connectivity index (χ4v) is 6.10. The second kappa shape index (κ2) is 12.2. The van der Waals surface area contributed by atoms with Gasteiger partial charge in [0, 0.05) is 17.5 Å². The number of benzene rings is 2. The number of ether oxygens (including phenoxy) is 2. The number of carbonyl (C=O) groups is 3. The Morgan fingerprint density at radius 1 is 1.08 bits per heavy atom. The standard InChI is InChI=1S/C31H39N3O5/c1-38-29(35)12-11-27(30(32)36)34-18-26-24(31(34)37)3-2-4-28(26)39-19-21-7-9-22(10-8-21)25(17-20-5-6-20)23-13-15-33-16-14-23/h2-4,7-10,20,23,25,27,33H,5-6,11-19H2,1H3,(H2,32,36). The van der Waals surface area contributed by atoms with E-state index in [0.717, 1.165) is 36.1 Å². The van der Waals surface area contributed by atoms with Crippen LogP contribution in [0.2, 0.25) is 0 Å². The van der Waals surface area contributed by atoms with Crippen molar-refractivity contribution in [3.8, 4) is 5.75 Å². The molecule has 0 bridgehead atoms. The number of nitrogens with two attached hydrogens (primary N) is 1. The maximum absolute atomic E-state index is 13.1. The summed E-state index contributed by atoms with van der Waals surface area (Å²) in [6.45, 7) is 2.82. The molecule has 1 saturated heterocycles. The van der Waals surface area contributed by atoms with E-state index in [4.69, 9.17) is 10.5 Å². The van der Waals surface area contributed by atoms with Gasteiger partial charge in [-0.05, 0) is 79.8 Å². The highest BCUT2D eigenvalue weighted by Gasteiger charge is 2.37. The number of nitrogens with one attached hydrogen (secondary N) is 1. The predicted molar refractivity (Wildman–Crippen MR) is 147 cm³/mol. The Kier molecular flexibility index (Phi) is 8.50. The molecule has 3 aliphatic rings. The van der Waals surface area contributed by atoms with Gasteiger partial charge < -0.3 is 25.4 Å². The lowest BCUT2D eigenvalue weighted by atomic mass is 9.77. The molecule has 0 spiro atoms. The van der Waals surface area contributed by atoms with Crippen LogP contribution in [0.15, 0.2) is 42.5 Å². The second-order valence-corrected chi connectivity index (χ2v) is 11.2. The number of methoxy groups -OCH3 is 1. The minimum absolute atomic E-state index is 0.00271. The Bertz CT molecular complexity index is 1190. The lowest BCUT2D eigenvalue weighted by Gasteiger charge is -2.31. The van der Waals surface area contributed by atoms with E-state index in [-0.39, 0.29) is 25.3 Å². The zero-order chi connectivity index (χ0) is 27.4. The first kappa shape index (κ1) is 27.2. The Morgan fingerprint density at radius 2 is 1.82 bits per heavy atom. The van der Waals surface area contributed by atoms with Gasteiger partial charge in [0.15, 0.2) is 0 Å². The van der Waals surface area contributed by atoms with Crippen LogP contribution in [0.25, 0.3) is 0 Å². The highest BCUT2D eigenvalue weighted by Crippen LogP contribution is 2.44. The molecule has 1 aliphatic carbocycles. The Balaban J connectivity index is 1.25. The summed E-state index contributed by atoms with van der Waals surface area (Å²) in [5.74, 6) is 1.50. The highest BCUT2D eigenvalue weighted by atomic mass is 16.5. The van der Waals surface area contributed by atoms with Crippen LogP contribution >= 0.6 is 0 Å². The van der Waals surface area contributed by atoms with Crippen molar-refractivity contribution in [3.05, 3.63) is 64.7 Å². The summed E-state index contributed by atoms with van der Waals surface area (Å²) in [4.78, 5) is 38.3. The molecule has 2 unspecified atom stereocenters. The smallest absolute Gasteiger partial charge is 0.305 e. The number of nitrogens with zero attached hydrogens (tertiary/aromatic N) is 1. The van der Waals surface area contributed by atoms with Gasteiger partial charge in [-0.2, -0.15) is 0 Å². The first-order valence-electron chi connectivity index (χ1n) is 14.2. The van der Waals surface area contributed by atoms with Gasteiger partial charge in [-0.3, -0.25) is 14.4 Å². The van der Waals surface area contributed by atoms with Crippen molar-refractivity contribution in [2.45, 2.75) is 70.1 Å². The largest absolute Gasteiger partial charge is 0.489 e. The van der Waals surface area contributed by atoms with Gasteiger partial charge in [-0.1, -0.05) is 43.2 Å². The van der Waals surface area contributed by atoms with Crippen molar-refractivity contribution < 1.29 is 23.9 Å². The van der Waals surface area contributed by atoms with Crippen LogP contribution in [0, 0.1) is 11.8 Å². The van der Waals surface area contributed by atoms with E-state index >= 15 is 0 Å². The van der Waals surface area contributed by atoms with Gasteiger partial charge >= 0.3 is 5.97 Å². The third-order valence-electron chi connectivity index (χ3n) is 8.55. The third-order valence-corrected chi connectivity index (χ3v) is 8.55. The summed E-state index contributed by atoms with van der Waals surface area (Å²) in [5, 5.41) is 3.50. The summed E-state index contributed by atoms with van der Waals surface area (Å²) in [6.07, 6.45) is 6.66. The zero-order valence-electron chi connectivity index (χ0n) is 22.7. The summed E-state index contributed by atoms with van der Waals surface area (Å²) in [6, 6.07) is 13.3. The number of hydrogen-bond donors (Lipinski definition) is 2. The molecule has 1 saturated carbocycles. The van der Waals surface area contributed by atoms with E-state index in [1.54, 1.807) is 12.1 Å². The summed E-state index contributed by atoms with van der Waals surface area (Å²) >= 11 is 0. The molecule has 8 heteroatoms. The lowest BCUT2D eigenvalue weighted by molar-refractivity contribution is -0.141. The Labute approximate surface area is 230 Å². The number of carbonyl (C=O) groups excluding carboxylic acids is 3. The topological polar surface area (TPSA) is 111 Å². The molecule has 2 amide bonds. The van der Waals surface area contributed by atoms with Crippen LogP contribution in [-0.4, -0.2) is 48.9 Å². The van der Waals surface area contributed by atoms with Crippen molar-refractivity contribution in [3.63, 3.8) is 0 Å². The van der Waals surface area contributed by atoms with Gasteiger partial charge in [0.25, 0.3) is 5.91 Å². The van der Waals surface area contributed by atoms with Crippen LogP contribution in [-0.2, 0) is 27.5 Å². The van der Waals surface area contributed by atoms with E-state index in [0.29, 0.717) is 23.8 Å². The number of esters is 1. The lowest BCUT2D eigenvalue weighted by Crippen LogP contribution is -2.45. The molecule has 8 nitrogen and oxygen atoms in total. The van der Waals surface area contributed by atoms with E-state index in [9.17, 15) is 14.4 Å². The van der Waals surface area contributed by atoms with Gasteiger partial charge in [-0.15, -0.1) is 0 Å². The first-order chi connectivity index (χ1) is 18.9. The Hall–Kier alpha value is -3.39. The van der Waals surface area contributed by atoms with Crippen molar-refractivity contribution in [1.82, 2.24) is 10.2 Å². The van der Waals surface area contributed by atoms with Gasteiger partial charge in [0.05, 0.1) is 13.7 Å². The molecule has 39 heavy (non-hydrogen) atoms. The molecule has 5 rings (SSSR count). The van der Waals surface area contributed by atoms with Crippen molar-refractivity contribution in [2.24, 2.45) is 17.6 Å². The Morgan fingerprint density at radius 3 is 2.49 bits per heavy atom. The molecule has 2 aromatic rings. The number of fused-ring (bicyclic) bond motifs is 1. The van der Waals surface area contributed by atoms with E-state index in [2.05, 4.69) is 34.3 Å². The minimum atomic E-state index is -0.895. The normalized spacial score (nSPS) is 18.9. The second-order valence-electron chi connectivity index (χ2n) is 11.2. The number of hydrogen-bond acceptors (Lipinski definition) is 6. The minimum Gasteiger partial charge on any atom is -0.489 e. The fraction of sp³-hybridized carbons (Fsp3) is 0.516. The zero-order valence-corrected chi connectivity index (χ0v) is 22.7. The SMILES string of the molecule is COC(=O)CCC(C(N)=O)N1Cc2c(OCc3ccc(C(CC4CC4)C4CCNCC4)cc3)cccc2C1=O. The number of piperidine rings is 1. The molecular formula is C31H39N3O5. The van der Waals surface area contributed by atoms with E-state index < -0.39 is 17.9 Å². The van der Waals surface area contributed by atoms with Crippen molar-refractivity contribution >= 4 is 17.8 Å². The summed E-state index contributed by atoms with van der Waals surface area (Å²) < 4.78 is 10.9. The van der Waals surface area contributed by atoms with Gasteiger partial charge in [0.2, 0.25) is 5.91 Å². The number of rotatable bonds is 12. The van der Waals surface area contributed by atoms with Crippen LogP contribution in [0.4, 0.5) is 0 Å². The average molecular weight is 534 g/mol. The predicted octanol–water partition coefficient (Wildman–Crippen LogP) is 3.91.